The van der Waals surface area contributed by atoms with Crippen molar-refractivity contribution in [2.45, 2.75) is 13.8 Å². The Balaban J connectivity index is 1.64. The fourth-order valence-electron chi connectivity index (χ4n) is 3.20. The Morgan fingerprint density at radius 3 is 2.50 bits per heavy atom. The highest BCUT2D eigenvalue weighted by Gasteiger charge is 2.31. The molecule has 3 aromatic heterocycles. The number of methoxy groups -OCH3 is 1. The molecule has 0 aliphatic carbocycles. The summed E-state index contributed by atoms with van der Waals surface area (Å²) in [5.74, 6) is -7.18. The molecule has 184 valence electrons. The molecular weight excluding hydrogens is 462 g/mol. The van der Waals surface area contributed by atoms with Crippen molar-refractivity contribution >= 4 is 28.5 Å². The van der Waals surface area contributed by atoms with Gasteiger partial charge in [-0.05, 0) is 25.9 Å². The van der Waals surface area contributed by atoms with Gasteiger partial charge in [-0.2, -0.15) is 5.10 Å². The Kier molecular flexibility index (Phi) is 2.83. The zero-order chi connectivity index (χ0) is 39.4. The standard InChI is InChI=1S/C25H25N7O4/c1-15-4-6-17(7-5-15)24(34)30-8-10-31(11-9-30)25(35)22(33)18-12-26-21-20(18)19(36-3)13-27-23(21)32-14-28-16(2)29-32/h4-7,12-14,26H,8-11H2,1-3H3/i2D3,4D,5D,6D,7D,8D2,9D2,10D2,11D2,14D. The number of H-pyrrole nitrogens is 1. The zero-order valence-electron chi connectivity index (χ0n) is 34.5. The Labute approximate surface area is 229 Å². The molecule has 4 heterocycles. The third-order valence-electron chi connectivity index (χ3n) is 4.88. The molecule has 4 aromatic rings. The number of benzene rings is 1. The van der Waals surface area contributed by atoms with Crippen LogP contribution in [0.5, 0.6) is 5.75 Å². The fourth-order valence-corrected chi connectivity index (χ4v) is 3.20. The molecule has 1 N–H and O–H groups in total. The van der Waals surface area contributed by atoms with Gasteiger partial charge in [0.25, 0.3) is 17.6 Å². The van der Waals surface area contributed by atoms with Gasteiger partial charge in [0.2, 0.25) is 0 Å². The number of amides is 2. The number of carbonyl (C=O) groups is 3. The summed E-state index contributed by atoms with van der Waals surface area (Å²) in [5, 5.41) is 3.46. The Hall–Kier alpha value is -4.54. The van der Waals surface area contributed by atoms with Gasteiger partial charge in [0, 0.05) is 41.9 Å². The third kappa shape index (κ3) is 4.08. The molecule has 36 heavy (non-hydrogen) atoms. The molecule has 1 aliphatic heterocycles. The Bertz CT molecular complexity index is 2140. The molecule has 0 radical (unpaired) electrons. The van der Waals surface area contributed by atoms with Gasteiger partial charge >= 0.3 is 0 Å². The topological polar surface area (TPSA) is 126 Å². The molecule has 1 saturated heterocycles. The molecule has 11 heteroatoms. The van der Waals surface area contributed by atoms with Gasteiger partial charge in [-0.3, -0.25) is 14.4 Å². The van der Waals surface area contributed by atoms with Gasteiger partial charge in [-0.25, -0.2) is 14.6 Å². The average molecular weight is 504 g/mol. The number of rotatable bonds is 5. The summed E-state index contributed by atoms with van der Waals surface area (Å²) in [6.07, 6.45) is 1.14. The van der Waals surface area contributed by atoms with Crippen LogP contribution in [0.4, 0.5) is 0 Å². The fraction of sp³-hybridized carbons (Fsp3) is 0.280. The number of aromatic nitrogens is 5. The third-order valence-corrected chi connectivity index (χ3v) is 4.88. The first-order valence-electron chi connectivity index (χ1n) is 18.0. The highest BCUT2D eigenvalue weighted by molar-refractivity contribution is 6.45. The lowest BCUT2D eigenvalue weighted by Gasteiger charge is -2.34. The second-order valence-electron chi connectivity index (χ2n) is 7.11. The van der Waals surface area contributed by atoms with Crippen LogP contribution in [-0.4, -0.2) is 85.2 Å². The monoisotopic (exact) mass is 503 g/mol. The molecule has 0 unspecified atom stereocenters. The van der Waals surface area contributed by atoms with E-state index in [1.165, 1.54) is 6.92 Å². The minimum Gasteiger partial charge on any atom is -0.494 e. The van der Waals surface area contributed by atoms with Crippen LogP contribution in [0.1, 0.15) is 54.0 Å². The number of carbonyl (C=O) groups excluding carboxylic acids is 3. The number of ketones is 1. The van der Waals surface area contributed by atoms with Crippen molar-refractivity contribution in [3.8, 4) is 11.6 Å². The maximum Gasteiger partial charge on any atom is 0.295 e. The van der Waals surface area contributed by atoms with E-state index in [4.69, 9.17) is 26.7 Å². The second-order valence-corrected chi connectivity index (χ2v) is 7.11. The number of nitrogens with zero attached hydrogens (tertiary/aromatic N) is 6. The molecule has 0 saturated carbocycles. The van der Waals surface area contributed by atoms with E-state index in [9.17, 15) is 14.4 Å². The number of ether oxygens (including phenoxy) is 1. The first-order valence-corrected chi connectivity index (χ1v) is 9.98. The van der Waals surface area contributed by atoms with Gasteiger partial charge < -0.3 is 19.5 Å². The molecular formula is C25H25N7O4. The first-order chi connectivity index (χ1) is 23.7. The lowest BCUT2D eigenvalue weighted by molar-refractivity contribution is -0.127. The van der Waals surface area contributed by atoms with Crippen LogP contribution in [-0.2, 0) is 4.79 Å². The number of hydrogen-bond donors (Lipinski definition) is 1. The molecule has 1 aliphatic rings. The minimum atomic E-state index is -4.08. The first kappa shape index (κ1) is 11.0. The van der Waals surface area contributed by atoms with Crippen molar-refractivity contribution in [1.29, 1.82) is 0 Å². The SMILES string of the molecule is [2H]c1c([2H])c(C(=O)N2C([2H])([2H])C([2H])([2H])N(C(=O)C(=O)c3c[nH]c4c(-n5nc(C([2H])([2H])[2H])nc5[2H])ncc(OC)c34)C([2H])([2H])C2([2H])[2H])c([2H])c([2H])c1C. The summed E-state index contributed by atoms with van der Waals surface area (Å²) < 4.78 is 138. The maximum absolute atomic E-state index is 13.9. The van der Waals surface area contributed by atoms with Gasteiger partial charge in [-0.15, -0.1) is 0 Å². The molecule has 0 atom stereocenters. The smallest absolute Gasteiger partial charge is 0.295 e. The molecule has 1 aromatic carbocycles. The highest BCUT2D eigenvalue weighted by Crippen LogP contribution is 2.31. The summed E-state index contributed by atoms with van der Waals surface area (Å²) in [4.78, 5) is 50.5. The normalized spacial score (nSPS) is 26.2. The number of nitrogens with one attached hydrogen (secondary N) is 1. The molecule has 0 bridgehead atoms. The van der Waals surface area contributed by atoms with Crippen molar-refractivity contribution in [2.24, 2.45) is 0 Å². The van der Waals surface area contributed by atoms with Crippen molar-refractivity contribution < 1.29 is 41.1 Å². The van der Waals surface area contributed by atoms with E-state index < -0.39 is 108 Å². The summed E-state index contributed by atoms with van der Waals surface area (Å²) >= 11 is 0. The summed E-state index contributed by atoms with van der Waals surface area (Å²) in [6.45, 7) is -17.9. The summed E-state index contributed by atoms with van der Waals surface area (Å²) in [6, 6.07) is -3.62. The van der Waals surface area contributed by atoms with Crippen molar-refractivity contribution in [3.05, 3.63) is 65.4 Å². The van der Waals surface area contributed by atoms with E-state index in [1.807, 2.05) is 0 Å². The lowest BCUT2D eigenvalue weighted by Crippen LogP contribution is -2.52. The zero-order valence-corrected chi connectivity index (χ0v) is 18.5. The Morgan fingerprint density at radius 1 is 1.11 bits per heavy atom. The largest absolute Gasteiger partial charge is 0.494 e. The molecule has 2 amide bonds. The number of aryl methyl sites for hydroxylation is 1. The number of pyridine rings is 1. The van der Waals surface area contributed by atoms with E-state index in [2.05, 4.69) is 20.1 Å². The number of hydrogen-bond acceptors (Lipinski definition) is 7. The second kappa shape index (κ2) is 9.25. The molecule has 11 nitrogen and oxygen atoms in total. The van der Waals surface area contributed by atoms with E-state index in [0.29, 0.717) is 4.68 Å². The van der Waals surface area contributed by atoms with Crippen LogP contribution in [0.25, 0.3) is 16.7 Å². The van der Waals surface area contributed by atoms with Gasteiger partial charge in [-0.1, -0.05) is 17.6 Å². The van der Waals surface area contributed by atoms with Crippen LogP contribution < -0.4 is 4.74 Å². The summed E-state index contributed by atoms with van der Waals surface area (Å²) in [5.41, 5.74) is -2.33. The van der Waals surface area contributed by atoms with E-state index >= 15 is 0 Å². The quantitative estimate of drug-likeness (QED) is 0.326. The summed E-state index contributed by atoms with van der Waals surface area (Å²) in [7, 11) is 1.12. The van der Waals surface area contributed by atoms with Gasteiger partial charge in [0.05, 0.1) is 46.2 Å². The van der Waals surface area contributed by atoms with Crippen LogP contribution in [0, 0.1) is 13.8 Å². The maximum atomic E-state index is 13.9. The van der Waals surface area contributed by atoms with E-state index in [0.717, 1.165) is 19.5 Å². The van der Waals surface area contributed by atoms with E-state index in [1.54, 1.807) is 0 Å². The molecule has 0 spiro atoms. The van der Waals surface area contributed by atoms with Gasteiger partial charge in [0.1, 0.15) is 19.2 Å². The predicted molar refractivity (Wildman–Crippen MR) is 130 cm³/mol. The van der Waals surface area contributed by atoms with Crippen molar-refractivity contribution in [2.75, 3.05) is 33.1 Å². The molecule has 1 fully saturated rings. The van der Waals surface area contributed by atoms with E-state index in [-0.39, 0.29) is 28.0 Å². The lowest BCUT2D eigenvalue weighted by atomic mass is 10.1. The highest BCUT2D eigenvalue weighted by atomic mass is 16.5. The number of piperazine rings is 1. The van der Waals surface area contributed by atoms with Crippen LogP contribution in [0.2, 0.25) is 0 Å². The van der Waals surface area contributed by atoms with Crippen LogP contribution in [0.3, 0.4) is 0 Å². The molecule has 5 rings (SSSR count). The number of fused-ring (bicyclic) bond motifs is 1. The average Bonchev–Trinajstić information content (AvgIpc) is 3.65. The van der Waals surface area contributed by atoms with Gasteiger partial charge in [0.15, 0.2) is 5.82 Å². The minimum absolute atomic E-state index is 0.212. The Morgan fingerprint density at radius 2 is 1.83 bits per heavy atom. The number of Topliss-reactive ketones (excluding diaryl/α,β-unsaturated/α-hetero) is 1. The number of aromatic amines is 1. The van der Waals surface area contributed by atoms with Crippen molar-refractivity contribution in [3.63, 3.8) is 0 Å². The predicted octanol–water partition coefficient (Wildman–Crippen LogP) is 1.94. The van der Waals surface area contributed by atoms with Crippen LogP contribution >= 0.6 is 0 Å². The van der Waals surface area contributed by atoms with Crippen molar-refractivity contribution in [1.82, 2.24) is 34.5 Å². The van der Waals surface area contributed by atoms with Crippen LogP contribution in [0.15, 0.2) is 42.9 Å².